The van der Waals surface area contributed by atoms with Crippen molar-refractivity contribution in [3.05, 3.63) is 35.9 Å². The van der Waals surface area contributed by atoms with Gasteiger partial charge in [-0.3, -0.25) is 9.59 Å². The van der Waals surface area contributed by atoms with Gasteiger partial charge in [-0.2, -0.15) is 0 Å². The summed E-state index contributed by atoms with van der Waals surface area (Å²) < 4.78 is 15.8. The number of hydrogen-bond acceptors (Lipinski definition) is 5. The van der Waals surface area contributed by atoms with Gasteiger partial charge < -0.3 is 19.3 Å². The van der Waals surface area contributed by atoms with Crippen molar-refractivity contribution in [1.29, 1.82) is 0 Å². The van der Waals surface area contributed by atoms with Gasteiger partial charge in [0, 0.05) is 7.11 Å². The molecule has 0 bridgehead atoms. The SMILES string of the molecule is CCC(C)(CC(C)(CC(C)c1ccccc1)C(=O)OCCOCCOC)C(=O)O. The molecule has 164 valence electrons. The summed E-state index contributed by atoms with van der Waals surface area (Å²) >= 11 is 0. The molecule has 0 heterocycles. The largest absolute Gasteiger partial charge is 0.481 e. The van der Waals surface area contributed by atoms with Gasteiger partial charge in [0.1, 0.15) is 6.61 Å². The van der Waals surface area contributed by atoms with Crippen molar-refractivity contribution in [1.82, 2.24) is 0 Å². The van der Waals surface area contributed by atoms with Gasteiger partial charge in [0.05, 0.1) is 30.7 Å². The van der Waals surface area contributed by atoms with E-state index in [0.717, 1.165) is 5.56 Å². The fourth-order valence-electron chi connectivity index (χ4n) is 3.63. The van der Waals surface area contributed by atoms with Crippen LogP contribution in [0.5, 0.6) is 0 Å². The molecule has 0 saturated heterocycles. The van der Waals surface area contributed by atoms with Crippen LogP contribution in [0, 0.1) is 10.8 Å². The zero-order chi connectivity index (χ0) is 21.9. The fourth-order valence-corrected chi connectivity index (χ4v) is 3.63. The van der Waals surface area contributed by atoms with E-state index in [1.165, 1.54) is 0 Å². The second-order valence-corrected chi connectivity index (χ2v) is 8.21. The molecule has 0 amide bonds. The molecule has 0 saturated carbocycles. The van der Waals surface area contributed by atoms with Crippen LogP contribution in [-0.4, -0.2) is 50.6 Å². The Morgan fingerprint density at radius 3 is 2.21 bits per heavy atom. The second-order valence-electron chi connectivity index (χ2n) is 8.21. The lowest BCUT2D eigenvalue weighted by molar-refractivity contribution is -0.163. The lowest BCUT2D eigenvalue weighted by atomic mass is 9.67. The molecule has 1 N–H and O–H groups in total. The highest BCUT2D eigenvalue weighted by atomic mass is 16.6. The Hall–Kier alpha value is -1.92. The van der Waals surface area contributed by atoms with Crippen LogP contribution < -0.4 is 0 Å². The van der Waals surface area contributed by atoms with Crippen LogP contribution in [0.2, 0.25) is 0 Å². The molecule has 3 atom stereocenters. The van der Waals surface area contributed by atoms with Gasteiger partial charge in [0.15, 0.2) is 0 Å². The summed E-state index contributed by atoms with van der Waals surface area (Å²) in [4.78, 5) is 24.9. The third-order valence-electron chi connectivity index (χ3n) is 5.59. The molecular formula is C23H36O6. The number of hydrogen-bond donors (Lipinski definition) is 1. The third-order valence-corrected chi connectivity index (χ3v) is 5.59. The molecule has 0 aliphatic rings. The number of benzene rings is 1. The van der Waals surface area contributed by atoms with Gasteiger partial charge >= 0.3 is 11.9 Å². The number of carboxylic acid groups (broad SMARTS) is 1. The van der Waals surface area contributed by atoms with Crippen molar-refractivity contribution < 1.29 is 28.9 Å². The van der Waals surface area contributed by atoms with Gasteiger partial charge in [-0.05, 0) is 44.6 Å². The summed E-state index contributed by atoms with van der Waals surface area (Å²) in [6, 6.07) is 9.93. The second kappa shape index (κ2) is 11.9. The van der Waals surface area contributed by atoms with Gasteiger partial charge in [-0.25, -0.2) is 0 Å². The van der Waals surface area contributed by atoms with E-state index in [-0.39, 0.29) is 31.5 Å². The van der Waals surface area contributed by atoms with Gasteiger partial charge in [-0.1, -0.05) is 44.2 Å². The minimum absolute atomic E-state index is 0.0848. The highest BCUT2D eigenvalue weighted by Gasteiger charge is 2.45. The molecule has 0 fully saturated rings. The van der Waals surface area contributed by atoms with Crippen molar-refractivity contribution in [2.24, 2.45) is 10.8 Å². The smallest absolute Gasteiger partial charge is 0.311 e. The van der Waals surface area contributed by atoms with E-state index < -0.39 is 16.8 Å². The average Bonchev–Trinajstić information content (AvgIpc) is 2.70. The Labute approximate surface area is 174 Å². The van der Waals surface area contributed by atoms with E-state index in [9.17, 15) is 14.7 Å². The van der Waals surface area contributed by atoms with E-state index in [4.69, 9.17) is 14.2 Å². The first-order valence-electron chi connectivity index (χ1n) is 10.2. The van der Waals surface area contributed by atoms with Crippen molar-refractivity contribution in [3.8, 4) is 0 Å². The first kappa shape index (κ1) is 25.1. The van der Waals surface area contributed by atoms with Gasteiger partial charge in [0.25, 0.3) is 0 Å². The number of rotatable bonds is 14. The van der Waals surface area contributed by atoms with E-state index in [2.05, 4.69) is 6.92 Å². The highest BCUT2D eigenvalue weighted by molar-refractivity contribution is 5.79. The zero-order valence-electron chi connectivity index (χ0n) is 18.4. The van der Waals surface area contributed by atoms with Crippen molar-refractivity contribution in [2.45, 2.75) is 52.9 Å². The predicted molar refractivity (Wildman–Crippen MR) is 112 cm³/mol. The maximum absolute atomic E-state index is 13.0. The molecule has 1 rings (SSSR count). The van der Waals surface area contributed by atoms with E-state index in [1.54, 1.807) is 14.0 Å². The monoisotopic (exact) mass is 408 g/mol. The molecule has 0 spiro atoms. The van der Waals surface area contributed by atoms with Crippen LogP contribution in [0.4, 0.5) is 0 Å². The molecule has 0 radical (unpaired) electrons. The normalized spacial score (nSPS) is 16.4. The number of aliphatic carboxylic acids is 1. The minimum atomic E-state index is -1.00. The standard InChI is InChI=1S/C23H36O6/c1-6-22(3,20(24)25)17-23(4,16-18(2)19-10-8-7-9-11-19)21(26)29-15-14-28-13-12-27-5/h7-11,18H,6,12-17H2,1-5H3,(H,24,25). The van der Waals surface area contributed by atoms with Gasteiger partial charge in [-0.15, -0.1) is 0 Å². The van der Waals surface area contributed by atoms with Crippen LogP contribution >= 0.6 is 0 Å². The molecule has 1 aromatic rings. The number of ether oxygens (including phenoxy) is 3. The Kier molecular flexibility index (Phi) is 10.3. The Morgan fingerprint density at radius 2 is 1.66 bits per heavy atom. The number of carbonyl (C=O) groups excluding carboxylic acids is 1. The van der Waals surface area contributed by atoms with E-state index in [0.29, 0.717) is 26.1 Å². The Morgan fingerprint density at radius 1 is 1.03 bits per heavy atom. The first-order valence-corrected chi connectivity index (χ1v) is 10.2. The summed E-state index contributed by atoms with van der Waals surface area (Å²) in [6.45, 7) is 8.73. The van der Waals surface area contributed by atoms with Crippen LogP contribution in [0.15, 0.2) is 30.3 Å². The van der Waals surface area contributed by atoms with Crippen molar-refractivity contribution in [2.75, 3.05) is 33.5 Å². The zero-order valence-corrected chi connectivity index (χ0v) is 18.4. The third kappa shape index (κ3) is 7.78. The molecular weight excluding hydrogens is 372 g/mol. The Balaban J connectivity index is 2.91. The first-order chi connectivity index (χ1) is 13.7. The lowest BCUT2D eigenvalue weighted by Crippen LogP contribution is -2.40. The van der Waals surface area contributed by atoms with Crippen molar-refractivity contribution >= 4 is 11.9 Å². The van der Waals surface area contributed by atoms with Crippen LogP contribution in [0.1, 0.15) is 58.4 Å². The van der Waals surface area contributed by atoms with Crippen LogP contribution in [0.25, 0.3) is 0 Å². The molecule has 3 unspecified atom stereocenters. The van der Waals surface area contributed by atoms with E-state index >= 15 is 0 Å². The number of carboxylic acids is 1. The fraction of sp³-hybridized carbons (Fsp3) is 0.652. The van der Waals surface area contributed by atoms with Crippen LogP contribution in [0.3, 0.4) is 0 Å². The molecule has 0 aromatic heterocycles. The number of esters is 1. The topological polar surface area (TPSA) is 82.1 Å². The summed E-state index contributed by atoms with van der Waals surface area (Å²) in [7, 11) is 1.59. The Bertz CT molecular complexity index is 632. The molecule has 1 aromatic carbocycles. The summed E-state index contributed by atoms with van der Waals surface area (Å²) in [6.07, 6.45) is 1.15. The quantitative estimate of drug-likeness (QED) is 0.365. The highest BCUT2D eigenvalue weighted by Crippen LogP contribution is 2.43. The van der Waals surface area contributed by atoms with E-state index in [1.807, 2.05) is 44.2 Å². The number of carbonyl (C=O) groups is 2. The maximum Gasteiger partial charge on any atom is 0.311 e. The summed E-state index contributed by atoms with van der Waals surface area (Å²) in [5.41, 5.74) is -0.813. The van der Waals surface area contributed by atoms with Gasteiger partial charge in [0.2, 0.25) is 0 Å². The average molecular weight is 409 g/mol. The molecule has 0 aliphatic carbocycles. The van der Waals surface area contributed by atoms with Crippen molar-refractivity contribution in [3.63, 3.8) is 0 Å². The molecule has 6 nitrogen and oxygen atoms in total. The maximum atomic E-state index is 13.0. The molecule has 6 heteroatoms. The number of methoxy groups -OCH3 is 1. The summed E-state index contributed by atoms with van der Waals surface area (Å²) in [5, 5.41) is 9.74. The van der Waals surface area contributed by atoms with Crippen LogP contribution in [-0.2, 0) is 23.8 Å². The summed E-state index contributed by atoms with van der Waals surface area (Å²) in [5.74, 6) is -1.19. The molecule has 29 heavy (non-hydrogen) atoms. The minimum Gasteiger partial charge on any atom is -0.481 e. The lowest BCUT2D eigenvalue weighted by Gasteiger charge is -2.36. The molecule has 0 aliphatic heterocycles. The predicted octanol–water partition coefficient (Wildman–Crippen LogP) is 4.28.